The molecule has 0 spiro atoms. The molecule has 0 aliphatic heterocycles. The number of nitrogens with zero attached hydrogens (tertiary/aromatic N) is 1. The van der Waals surface area contributed by atoms with Gasteiger partial charge in [-0.25, -0.2) is 4.79 Å². The molecule has 1 amide bonds. The molecule has 0 saturated heterocycles. The van der Waals surface area contributed by atoms with E-state index < -0.39 is 0 Å². The predicted octanol–water partition coefficient (Wildman–Crippen LogP) is 2.54. The van der Waals surface area contributed by atoms with Crippen LogP contribution in [0.3, 0.4) is 0 Å². The highest BCUT2D eigenvalue weighted by Gasteiger charge is 2.28. The second kappa shape index (κ2) is 9.53. The van der Waals surface area contributed by atoms with E-state index in [9.17, 15) is 4.79 Å². The van der Waals surface area contributed by atoms with Crippen molar-refractivity contribution in [2.45, 2.75) is 51.3 Å². The maximum atomic E-state index is 12.4. The van der Waals surface area contributed by atoms with Crippen LogP contribution in [-0.2, 0) is 11.3 Å². The molecule has 0 heterocycles. The van der Waals surface area contributed by atoms with Gasteiger partial charge in [0.05, 0.1) is 6.61 Å². The van der Waals surface area contributed by atoms with Gasteiger partial charge in [-0.15, -0.1) is 0 Å². The van der Waals surface area contributed by atoms with Crippen molar-refractivity contribution in [1.82, 2.24) is 10.2 Å². The Morgan fingerprint density at radius 2 is 1.96 bits per heavy atom. The van der Waals surface area contributed by atoms with Crippen LogP contribution in [0.4, 0.5) is 4.79 Å². The Balaban J connectivity index is 1.79. The molecular weight excluding hydrogens is 292 g/mol. The zero-order valence-electron chi connectivity index (χ0n) is 13.9. The largest absolute Gasteiger partial charge is 0.445 e. The number of nitrogens with one attached hydrogen (secondary N) is 1. The number of hydrogen-bond donors (Lipinski definition) is 2. The molecule has 5 heteroatoms. The summed E-state index contributed by atoms with van der Waals surface area (Å²) in [6, 6.07) is 10.5. The highest BCUT2D eigenvalue weighted by molar-refractivity contribution is 5.68. The Bertz CT molecular complexity index is 459. The fourth-order valence-electron chi connectivity index (χ4n) is 3.20. The van der Waals surface area contributed by atoms with Crippen LogP contribution >= 0.6 is 0 Å². The van der Waals surface area contributed by atoms with E-state index in [1.807, 2.05) is 42.2 Å². The number of amides is 1. The molecule has 1 aliphatic rings. The first-order valence-electron chi connectivity index (χ1n) is 8.56. The molecule has 23 heavy (non-hydrogen) atoms. The molecule has 1 saturated carbocycles. The second-order valence-electron chi connectivity index (χ2n) is 6.01. The van der Waals surface area contributed by atoms with E-state index in [0.29, 0.717) is 25.7 Å². The number of aliphatic hydroxyl groups excluding tert-OH is 1. The third kappa shape index (κ3) is 5.52. The van der Waals surface area contributed by atoms with Crippen molar-refractivity contribution in [3.63, 3.8) is 0 Å². The van der Waals surface area contributed by atoms with Crippen molar-refractivity contribution in [3.8, 4) is 0 Å². The summed E-state index contributed by atoms with van der Waals surface area (Å²) in [5, 5.41) is 12.2. The summed E-state index contributed by atoms with van der Waals surface area (Å²) in [6.07, 6.45) is 3.82. The summed E-state index contributed by atoms with van der Waals surface area (Å²) in [4.78, 5) is 14.2. The van der Waals surface area contributed by atoms with Crippen molar-refractivity contribution in [1.29, 1.82) is 0 Å². The van der Waals surface area contributed by atoms with Gasteiger partial charge in [0.15, 0.2) is 0 Å². The molecule has 1 fully saturated rings. The Kier molecular flexibility index (Phi) is 7.36. The quantitative estimate of drug-likeness (QED) is 0.810. The van der Waals surface area contributed by atoms with Gasteiger partial charge < -0.3 is 20.1 Å². The smallest absolute Gasteiger partial charge is 0.410 e. The topological polar surface area (TPSA) is 61.8 Å². The van der Waals surface area contributed by atoms with E-state index in [1.54, 1.807) is 0 Å². The summed E-state index contributed by atoms with van der Waals surface area (Å²) in [5.74, 6) is 0. The molecule has 0 bridgehead atoms. The van der Waals surface area contributed by atoms with Gasteiger partial charge in [-0.05, 0) is 38.2 Å². The summed E-state index contributed by atoms with van der Waals surface area (Å²) >= 11 is 0. The molecule has 1 aromatic carbocycles. The Morgan fingerprint density at radius 1 is 1.26 bits per heavy atom. The number of rotatable bonds is 7. The molecule has 0 aromatic heterocycles. The zero-order chi connectivity index (χ0) is 16.5. The van der Waals surface area contributed by atoms with Gasteiger partial charge >= 0.3 is 6.09 Å². The van der Waals surface area contributed by atoms with Gasteiger partial charge in [0.2, 0.25) is 0 Å². The number of carbonyl (C=O) groups excluding carboxylic acids is 1. The van der Waals surface area contributed by atoms with Gasteiger partial charge in [0.25, 0.3) is 0 Å². The van der Waals surface area contributed by atoms with E-state index in [0.717, 1.165) is 31.2 Å². The van der Waals surface area contributed by atoms with Crippen LogP contribution in [0.15, 0.2) is 30.3 Å². The van der Waals surface area contributed by atoms with Gasteiger partial charge in [0.1, 0.15) is 6.61 Å². The first kappa shape index (κ1) is 17.8. The van der Waals surface area contributed by atoms with E-state index in [4.69, 9.17) is 9.84 Å². The van der Waals surface area contributed by atoms with Gasteiger partial charge in [-0.1, -0.05) is 30.3 Å². The molecule has 5 nitrogen and oxygen atoms in total. The third-order valence-electron chi connectivity index (χ3n) is 4.46. The molecule has 2 N–H and O–H groups in total. The zero-order valence-corrected chi connectivity index (χ0v) is 13.9. The maximum Gasteiger partial charge on any atom is 0.410 e. The van der Waals surface area contributed by atoms with E-state index in [2.05, 4.69) is 5.32 Å². The van der Waals surface area contributed by atoms with Gasteiger partial charge in [-0.3, -0.25) is 0 Å². The van der Waals surface area contributed by atoms with E-state index in [-0.39, 0.29) is 18.7 Å². The van der Waals surface area contributed by atoms with Crippen LogP contribution in [0.2, 0.25) is 0 Å². The van der Waals surface area contributed by atoms with Crippen molar-refractivity contribution in [2.24, 2.45) is 0 Å². The number of hydrogen-bond acceptors (Lipinski definition) is 4. The van der Waals surface area contributed by atoms with Crippen molar-refractivity contribution in [2.75, 3.05) is 19.7 Å². The average Bonchev–Trinajstić information content (AvgIpc) is 2.61. The molecule has 128 valence electrons. The fourth-order valence-corrected chi connectivity index (χ4v) is 3.20. The summed E-state index contributed by atoms with van der Waals surface area (Å²) in [6.45, 7) is 3.81. The molecule has 1 aliphatic carbocycles. The molecular formula is C18H28N2O3. The Hall–Kier alpha value is -1.59. The number of carbonyl (C=O) groups is 1. The van der Waals surface area contributed by atoms with Crippen LogP contribution in [0.25, 0.3) is 0 Å². The standard InChI is InChI=1S/C18H28N2O3/c1-2-20(17-10-8-16(9-11-17)19-12-13-21)18(22)23-14-15-6-4-3-5-7-15/h3-7,16-17,19,21H,2,8-14H2,1H3. The lowest BCUT2D eigenvalue weighted by Crippen LogP contribution is -2.45. The minimum Gasteiger partial charge on any atom is -0.445 e. The van der Waals surface area contributed by atoms with Crippen molar-refractivity contribution < 1.29 is 14.6 Å². The van der Waals surface area contributed by atoms with Crippen LogP contribution in [-0.4, -0.2) is 47.9 Å². The van der Waals surface area contributed by atoms with Crippen LogP contribution < -0.4 is 5.32 Å². The van der Waals surface area contributed by atoms with Crippen molar-refractivity contribution >= 4 is 6.09 Å². The Labute approximate surface area is 138 Å². The highest BCUT2D eigenvalue weighted by Crippen LogP contribution is 2.24. The van der Waals surface area contributed by atoms with Gasteiger partial charge in [-0.2, -0.15) is 0 Å². The van der Waals surface area contributed by atoms with Crippen molar-refractivity contribution in [3.05, 3.63) is 35.9 Å². The summed E-state index contributed by atoms with van der Waals surface area (Å²) in [5.41, 5.74) is 1.01. The van der Waals surface area contributed by atoms with Gasteiger partial charge in [0, 0.05) is 25.2 Å². The molecule has 0 radical (unpaired) electrons. The molecule has 2 rings (SSSR count). The molecule has 1 aromatic rings. The number of benzene rings is 1. The average molecular weight is 320 g/mol. The van der Waals surface area contributed by atoms with E-state index >= 15 is 0 Å². The molecule has 0 unspecified atom stereocenters. The fraction of sp³-hybridized carbons (Fsp3) is 0.611. The van der Waals surface area contributed by atoms with Crippen LogP contribution in [0.1, 0.15) is 38.2 Å². The minimum absolute atomic E-state index is 0.173. The normalized spacial score (nSPS) is 21.0. The van der Waals surface area contributed by atoms with E-state index in [1.165, 1.54) is 0 Å². The predicted molar refractivity (Wildman–Crippen MR) is 90.1 cm³/mol. The van der Waals surface area contributed by atoms with Crippen LogP contribution in [0, 0.1) is 0 Å². The molecule has 0 atom stereocenters. The highest BCUT2D eigenvalue weighted by atomic mass is 16.6. The lowest BCUT2D eigenvalue weighted by Gasteiger charge is -2.36. The van der Waals surface area contributed by atoms with Crippen LogP contribution in [0.5, 0.6) is 0 Å². The monoisotopic (exact) mass is 320 g/mol. The maximum absolute atomic E-state index is 12.4. The second-order valence-corrected chi connectivity index (χ2v) is 6.01. The summed E-state index contributed by atoms with van der Waals surface area (Å²) in [7, 11) is 0. The lowest BCUT2D eigenvalue weighted by atomic mass is 9.90. The number of aliphatic hydroxyl groups is 1. The third-order valence-corrected chi connectivity index (χ3v) is 4.46. The minimum atomic E-state index is -0.219. The first-order valence-corrected chi connectivity index (χ1v) is 8.56. The lowest BCUT2D eigenvalue weighted by molar-refractivity contribution is 0.0716. The summed E-state index contributed by atoms with van der Waals surface area (Å²) < 4.78 is 5.46. The Morgan fingerprint density at radius 3 is 2.57 bits per heavy atom. The SMILES string of the molecule is CCN(C(=O)OCc1ccccc1)C1CCC(NCCO)CC1. The first-order chi connectivity index (χ1) is 11.2. The number of ether oxygens (including phenoxy) is 1.